The van der Waals surface area contributed by atoms with Crippen LogP contribution in [0.5, 0.6) is 0 Å². The Labute approximate surface area is 134 Å². The van der Waals surface area contributed by atoms with E-state index in [9.17, 15) is 9.59 Å². The van der Waals surface area contributed by atoms with Crippen LogP contribution in [0.2, 0.25) is 0 Å². The molecular weight excluding hydrogens is 294 g/mol. The van der Waals surface area contributed by atoms with Crippen molar-refractivity contribution in [3.63, 3.8) is 0 Å². The van der Waals surface area contributed by atoms with E-state index in [1.807, 2.05) is 28.8 Å². The molecule has 122 valence electrons. The van der Waals surface area contributed by atoms with E-state index < -0.39 is 0 Å². The summed E-state index contributed by atoms with van der Waals surface area (Å²) in [7, 11) is 0. The van der Waals surface area contributed by atoms with Gasteiger partial charge in [-0.2, -0.15) is 0 Å². The lowest BCUT2D eigenvalue weighted by Crippen LogP contribution is -2.34. The lowest BCUT2D eigenvalue weighted by molar-refractivity contribution is -0.131. The molecule has 0 aliphatic carbocycles. The largest absolute Gasteiger partial charge is 0.349 e. The average Bonchev–Trinajstić information content (AvgIpc) is 2.87. The number of carbonyl (C=O) groups excluding carboxylic acids is 2. The van der Waals surface area contributed by atoms with Gasteiger partial charge in [-0.25, -0.2) is 0 Å². The number of fused-ring (bicyclic) bond motifs is 1. The minimum Gasteiger partial charge on any atom is -0.349 e. The number of nitrogens with one attached hydrogen (secondary N) is 1. The van der Waals surface area contributed by atoms with Gasteiger partial charge < -0.3 is 10.2 Å². The van der Waals surface area contributed by atoms with Crippen molar-refractivity contribution in [2.45, 2.75) is 38.6 Å². The molecule has 0 bridgehead atoms. The molecule has 7 heteroatoms. The molecule has 0 unspecified atom stereocenters. The Hall–Kier alpha value is -2.44. The maximum atomic E-state index is 12.0. The third-order valence-electron chi connectivity index (χ3n) is 4.11. The second-order valence-electron chi connectivity index (χ2n) is 5.76. The summed E-state index contributed by atoms with van der Waals surface area (Å²) in [6.07, 6.45) is 5.87. The molecule has 1 fully saturated rings. The van der Waals surface area contributed by atoms with Crippen LogP contribution in [0.3, 0.4) is 0 Å². The molecule has 3 rings (SSSR count). The van der Waals surface area contributed by atoms with E-state index in [-0.39, 0.29) is 11.8 Å². The summed E-state index contributed by atoms with van der Waals surface area (Å²) in [5, 5.41) is 11.0. The minimum absolute atomic E-state index is 0.0743. The number of carbonyl (C=O) groups is 2. The van der Waals surface area contributed by atoms with E-state index in [2.05, 4.69) is 15.5 Å². The molecule has 2 amide bonds. The van der Waals surface area contributed by atoms with E-state index in [0.717, 1.165) is 31.5 Å². The van der Waals surface area contributed by atoms with E-state index in [4.69, 9.17) is 0 Å². The van der Waals surface area contributed by atoms with Crippen LogP contribution < -0.4 is 5.32 Å². The second kappa shape index (κ2) is 7.21. The molecule has 2 aromatic heterocycles. The van der Waals surface area contributed by atoms with Crippen LogP contribution in [0.15, 0.2) is 24.4 Å². The van der Waals surface area contributed by atoms with Crippen molar-refractivity contribution in [2.75, 3.05) is 13.1 Å². The number of hydrogen-bond acceptors (Lipinski definition) is 4. The van der Waals surface area contributed by atoms with Crippen molar-refractivity contribution in [3.05, 3.63) is 30.2 Å². The van der Waals surface area contributed by atoms with Gasteiger partial charge in [-0.1, -0.05) is 12.5 Å². The predicted molar refractivity (Wildman–Crippen MR) is 84.5 cm³/mol. The molecule has 0 radical (unpaired) electrons. The molecule has 1 aliphatic heterocycles. The molecule has 1 saturated heterocycles. The van der Waals surface area contributed by atoms with Crippen LogP contribution in [0, 0.1) is 0 Å². The first-order chi connectivity index (χ1) is 11.2. The summed E-state index contributed by atoms with van der Waals surface area (Å²) in [6.45, 7) is 1.59. The van der Waals surface area contributed by atoms with Crippen molar-refractivity contribution in [3.8, 4) is 0 Å². The number of hydrogen-bond donors (Lipinski definition) is 1. The Morgan fingerprint density at radius 3 is 3.04 bits per heavy atom. The van der Waals surface area contributed by atoms with Gasteiger partial charge in [0.15, 0.2) is 11.5 Å². The third kappa shape index (κ3) is 3.85. The first kappa shape index (κ1) is 15.5. The van der Waals surface area contributed by atoms with Crippen molar-refractivity contribution >= 4 is 17.5 Å². The summed E-state index contributed by atoms with van der Waals surface area (Å²) in [5.41, 5.74) is 0.756. The molecule has 0 saturated carbocycles. The van der Waals surface area contributed by atoms with Gasteiger partial charge in [0.25, 0.3) is 0 Å². The standard InChI is InChI=1S/C16H21N5O2/c22-15(8-11-20-9-4-1-2-7-16(20)23)17-12-14-19-18-13-6-3-5-10-21(13)14/h3,5-6,10H,1-2,4,7-9,11-12H2,(H,17,22). The van der Waals surface area contributed by atoms with Gasteiger partial charge >= 0.3 is 0 Å². The van der Waals surface area contributed by atoms with Gasteiger partial charge in [-0.05, 0) is 25.0 Å². The summed E-state index contributed by atoms with van der Waals surface area (Å²) < 4.78 is 1.85. The summed E-state index contributed by atoms with van der Waals surface area (Å²) in [6, 6.07) is 5.65. The fraction of sp³-hybridized carbons (Fsp3) is 0.500. The van der Waals surface area contributed by atoms with Crippen LogP contribution >= 0.6 is 0 Å². The van der Waals surface area contributed by atoms with Crippen LogP contribution in [0.4, 0.5) is 0 Å². The second-order valence-corrected chi connectivity index (χ2v) is 5.76. The molecule has 0 spiro atoms. The highest BCUT2D eigenvalue weighted by Crippen LogP contribution is 2.11. The summed E-state index contributed by atoms with van der Waals surface area (Å²) in [5.74, 6) is 0.785. The number of aromatic nitrogens is 3. The fourth-order valence-electron chi connectivity index (χ4n) is 2.79. The highest BCUT2D eigenvalue weighted by atomic mass is 16.2. The molecule has 0 atom stereocenters. The van der Waals surface area contributed by atoms with Crippen molar-refractivity contribution in [1.82, 2.24) is 24.8 Å². The lowest BCUT2D eigenvalue weighted by Gasteiger charge is -2.19. The predicted octanol–water partition coefficient (Wildman–Crippen LogP) is 1.14. The topological polar surface area (TPSA) is 79.6 Å². The van der Waals surface area contributed by atoms with E-state index in [1.54, 1.807) is 4.90 Å². The third-order valence-corrected chi connectivity index (χ3v) is 4.11. The zero-order valence-electron chi connectivity index (χ0n) is 13.1. The first-order valence-electron chi connectivity index (χ1n) is 8.07. The van der Waals surface area contributed by atoms with E-state index in [1.165, 1.54) is 0 Å². The van der Waals surface area contributed by atoms with Crippen LogP contribution in [-0.2, 0) is 16.1 Å². The van der Waals surface area contributed by atoms with E-state index in [0.29, 0.717) is 31.8 Å². The zero-order chi connectivity index (χ0) is 16.1. The molecule has 1 aliphatic rings. The van der Waals surface area contributed by atoms with Gasteiger partial charge in [-0.15, -0.1) is 10.2 Å². The Morgan fingerprint density at radius 1 is 1.22 bits per heavy atom. The monoisotopic (exact) mass is 315 g/mol. The Kier molecular flexibility index (Phi) is 4.85. The quantitative estimate of drug-likeness (QED) is 0.897. The molecule has 23 heavy (non-hydrogen) atoms. The van der Waals surface area contributed by atoms with Gasteiger partial charge in [-0.3, -0.25) is 14.0 Å². The van der Waals surface area contributed by atoms with E-state index >= 15 is 0 Å². The Balaban J connectivity index is 1.49. The van der Waals surface area contributed by atoms with Gasteiger partial charge in [0.1, 0.15) is 0 Å². The van der Waals surface area contributed by atoms with Crippen molar-refractivity contribution < 1.29 is 9.59 Å². The smallest absolute Gasteiger partial charge is 0.222 e. The number of pyridine rings is 1. The fourth-order valence-corrected chi connectivity index (χ4v) is 2.79. The number of rotatable bonds is 5. The summed E-state index contributed by atoms with van der Waals surface area (Å²) >= 11 is 0. The maximum absolute atomic E-state index is 12.0. The number of nitrogens with zero attached hydrogens (tertiary/aromatic N) is 4. The maximum Gasteiger partial charge on any atom is 0.222 e. The minimum atomic E-state index is -0.0743. The molecule has 1 N–H and O–H groups in total. The first-order valence-corrected chi connectivity index (χ1v) is 8.07. The lowest BCUT2D eigenvalue weighted by atomic mass is 10.2. The molecule has 2 aromatic rings. The highest BCUT2D eigenvalue weighted by Gasteiger charge is 2.17. The Morgan fingerprint density at radius 2 is 2.13 bits per heavy atom. The average molecular weight is 315 g/mol. The van der Waals surface area contributed by atoms with Crippen LogP contribution in [0.1, 0.15) is 37.9 Å². The molecular formula is C16H21N5O2. The summed E-state index contributed by atoms with van der Waals surface area (Å²) in [4.78, 5) is 25.7. The highest BCUT2D eigenvalue weighted by molar-refractivity contribution is 5.79. The Bertz CT molecular complexity index is 697. The normalized spacial score (nSPS) is 15.7. The number of likely N-dealkylation sites (tertiary alicyclic amines) is 1. The van der Waals surface area contributed by atoms with Crippen LogP contribution in [0.25, 0.3) is 5.65 Å². The molecule has 0 aromatic carbocycles. The SMILES string of the molecule is O=C(CCN1CCCCCC1=O)NCc1nnc2ccccn12. The van der Waals surface area contributed by atoms with Gasteiger partial charge in [0, 0.05) is 32.1 Å². The van der Waals surface area contributed by atoms with Crippen molar-refractivity contribution in [1.29, 1.82) is 0 Å². The van der Waals surface area contributed by atoms with Gasteiger partial charge in [0.05, 0.1) is 6.54 Å². The van der Waals surface area contributed by atoms with Crippen LogP contribution in [-0.4, -0.2) is 44.4 Å². The number of amides is 2. The van der Waals surface area contributed by atoms with Gasteiger partial charge in [0.2, 0.25) is 11.8 Å². The van der Waals surface area contributed by atoms with Crippen molar-refractivity contribution in [2.24, 2.45) is 0 Å². The zero-order valence-corrected chi connectivity index (χ0v) is 13.1. The molecule has 3 heterocycles. The molecule has 7 nitrogen and oxygen atoms in total.